The monoisotopic (exact) mass is 435 g/mol. The number of rotatable bonds is 3. The molecule has 8 heteroatoms. The second kappa shape index (κ2) is 8.55. The van der Waals surface area contributed by atoms with E-state index in [1.54, 1.807) is 25.2 Å². The third-order valence-electron chi connectivity index (χ3n) is 4.33. The molecule has 2 aromatic carbocycles. The molecular formula is C20H19Cl2N3O2S. The number of nitrogens with one attached hydrogen (secondary N) is 1. The van der Waals surface area contributed by atoms with Crippen molar-refractivity contribution in [3.05, 3.63) is 57.6 Å². The van der Waals surface area contributed by atoms with Crippen LogP contribution in [0.25, 0.3) is 0 Å². The molecule has 0 radical (unpaired) electrons. The number of halogens is 2. The van der Waals surface area contributed by atoms with Gasteiger partial charge in [0.15, 0.2) is 5.17 Å². The van der Waals surface area contributed by atoms with Crippen LogP contribution in [0.3, 0.4) is 0 Å². The van der Waals surface area contributed by atoms with E-state index < -0.39 is 5.25 Å². The van der Waals surface area contributed by atoms with Gasteiger partial charge >= 0.3 is 0 Å². The average Bonchev–Trinajstić information content (AvgIpc) is 2.64. The lowest BCUT2D eigenvalue weighted by Gasteiger charge is -2.29. The first-order valence-electron chi connectivity index (χ1n) is 8.59. The van der Waals surface area contributed by atoms with Crippen LogP contribution in [0.1, 0.15) is 17.5 Å². The first kappa shape index (κ1) is 20.7. The standard InChI is InChI=1S/C20H19Cl2N3O2S/c1-11-4-7-16(12(2)8-11)24-19(27)17-10-18(26)25(3)20(28-17)23-13-5-6-14(21)15(22)9-13/h4-9,17H,10H2,1-3H3,(H,24,27). The maximum atomic E-state index is 12.8. The highest BCUT2D eigenvalue weighted by molar-refractivity contribution is 8.15. The van der Waals surface area contributed by atoms with Gasteiger partial charge in [-0.05, 0) is 43.7 Å². The van der Waals surface area contributed by atoms with E-state index in [2.05, 4.69) is 10.3 Å². The topological polar surface area (TPSA) is 61.8 Å². The number of benzene rings is 2. The lowest BCUT2D eigenvalue weighted by Crippen LogP contribution is -2.43. The SMILES string of the molecule is Cc1ccc(NC(=O)C2CC(=O)N(C)C(=Nc3ccc(Cl)c(Cl)c3)S2)c(C)c1. The fourth-order valence-electron chi connectivity index (χ4n) is 2.73. The zero-order valence-electron chi connectivity index (χ0n) is 15.6. The van der Waals surface area contributed by atoms with E-state index in [4.69, 9.17) is 23.2 Å². The first-order valence-corrected chi connectivity index (χ1v) is 10.2. The predicted octanol–water partition coefficient (Wildman–Crippen LogP) is 5.20. The minimum atomic E-state index is -0.564. The Hall–Kier alpha value is -2.02. The molecular weight excluding hydrogens is 417 g/mol. The number of hydrogen-bond donors (Lipinski definition) is 1. The van der Waals surface area contributed by atoms with E-state index in [1.807, 2.05) is 32.0 Å². The van der Waals surface area contributed by atoms with Crippen molar-refractivity contribution in [3.63, 3.8) is 0 Å². The number of hydrogen-bond acceptors (Lipinski definition) is 4. The number of anilines is 1. The molecule has 1 aliphatic heterocycles. The molecule has 3 rings (SSSR count). The third kappa shape index (κ3) is 4.69. The summed E-state index contributed by atoms with van der Waals surface area (Å²) < 4.78 is 0. The Morgan fingerprint density at radius 3 is 2.61 bits per heavy atom. The molecule has 28 heavy (non-hydrogen) atoms. The van der Waals surface area contributed by atoms with Crippen molar-refractivity contribution in [3.8, 4) is 0 Å². The van der Waals surface area contributed by atoms with Crippen LogP contribution in [0.2, 0.25) is 10.0 Å². The number of nitrogens with zero attached hydrogens (tertiary/aromatic N) is 2. The van der Waals surface area contributed by atoms with Crippen molar-refractivity contribution in [2.75, 3.05) is 12.4 Å². The molecule has 1 heterocycles. The summed E-state index contributed by atoms with van der Waals surface area (Å²) in [6, 6.07) is 10.8. The van der Waals surface area contributed by atoms with Crippen molar-refractivity contribution < 1.29 is 9.59 Å². The van der Waals surface area contributed by atoms with Gasteiger partial charge in [0.2, 0.25) is 11.8 Å². The van der Waals surface area contributed by atoms with Crippen molar-refractivity contribution in [2.24, 2.45) is 4.99 Å². The number of carbonyl (C=O) groups is 2. The highest BCUT2D eigenvalue weighted by atomic mass is 35.5. The zero-order chi connectivity index (χ0) is 20.4. The number of carbonyl (C=O) groups excluding carboxylic acids is 2. The summed E-state index contributed by atoms with van der Waals surface area (Å²) in [5, 5.41) is 3.60. The quantitative estimate of drug-likeness (QED) is 0.720. The van der Waals surface area contributed by atoms with Crippen molar-refractivity contribution in [1.82, 2.24) is 4.90 Å². The molecule has 1 saturated heterocycles. The Morgan fingerprint density at radius 1 is 1.18 bits per heavy atom. The minimum absolute atomic E-state index is 0.109. The first-order chi connectivity index (χ1) is 13.2. The van der Waals surface area contributed by atoms with Crippen molar-refractivity contribution in [2.45, 2.75) is 25.5 Å². The lowest BCUT2D eigenvalue weighted by atomic mass is 10.1. The smallest absolute Gasteiger partial charge is 0.238 e. The van der Waals surface area contributed by atoms with E-state index in [0.29, 0.717) is 20.9 Å². The molecule has 1 unspecified atom stereocenters. The molecule has 0 aliphatic carbocycles. The molecule has 2 amide bonds. The van der Waals surface area contributed by atoms with Gasteiger partial charge in [-0.2, -0.15) is 0 Å². The summed E-state index contributed by atoms with van der Waals surface area (Å²) in [6.45, 7) is 3.93. The third-order valence-corrected chi connectivity index (χ3v) is 6.31. The molecule has 1 N–H and O–H groups in total. The maximum Gasteiger partial charge on any atom is 0.238 e. The normalized spacial score (nSPS) is 18.5. The van der Waals surface area contributed by atoms with Crippen LogP contribution in [-0.2, 0) is 9.59 Å². The van der Waals surface area contributed by atoms with Crippen molar-refractivity contribution in [1.29, 1.82) is 0 Å². The molecule has 0 spiro atoms. The van der Waals surface area contributed by atoms with E-state index in [1.165, 1.54) is 16.7 Å². The summed E-state index contributed by atoms with van der Waals surface area (Å²) >= 11 is 13.2. The summed E-state index contributed by atoms with van der Waals surface area (Å²) in [5.74, 6) is -0.390. The van der Waals surface area contributed by atoms with E-state index in [9.17, 15) is 9.59 Å². The Kier molecular flexibility index (Phi) is 6.33. The summed E-state index contributed by atoms with van der Waals surface area (Å²) in [6.07, 6.45) is 0.109. The number of thioether (sulfide) groups is 1. The van der Waals surface area contributed by atoms with Gasteiger partial charge in [0, 0.05) is 19.2 Å². The van der Waals surface area contributed by atoms with Gasteiger partial charge in [-0.3, -0.25) is 14.5 Å². The van der Waals surface area contributed by atoms with E-state index >= 15 is 0 Å². The van der Waals surface area contributed by atoms with Gasteiger partial charge in [-0.1, -0.05) is 52.7 Å². The molecule has 5 nitrogen and oxygen atoms in total. The van der Waals surface area contributed by atoms with Crippen LogP contribution in [0.5, 0.6) is 0 Å². The second-order valence-electron chi connectivity index (χ2n) is 6.56. The number of aliphatic imine (C=N–C) groups is 1. The highest BCUT2D eigenvalue weighted by Gasteiger charge is 2.34. The van der Waals surface area contributed by atoms with Crippen molar-refractivity contribution >= 4 is 63.3 Å². The van der Waals surface area contributed by atoms with Crippen LogP contribution in [0.15, 0.2) is 41.4 Å². The summed E-state index contributed by atoms with van der Waals surface area (Å²) in [7, 11) is 1.64. The zero-order valence-corrected chi connectivity index (χ0v) is 18.0. The highest BCUT2D eigenvalue weighted by Crippen LogP contribution is 2.31. The van der Waals surface area contributed by atoms with Gasteiger partial charge in [0.1, 0.15) is 5.25 Å². The van der Waals surface area contributed by atoms with E-state index in [0.717, 1.165) is 16.8 Å². The average molecular weight is 436 g/mol. The van der Waals surface area contributed by atoms with E-state index in [-0.39, 0.29) is 18.2 Å². The Labute approximate surface area is 178 Å². The fraction of sp³-hybridized carbons (Fsp3) is 0.250. The molecule has 0 saturated carbocycles. The number of aryl methyl sites for hydroxylation is 2. The summed E-state index contributed by atoms with van der Waals surface area (Å²) in [5.41, 5.74) is 3.40. The van der Waals surface area contributed by atoms with Gasteiger partial charge in [-0.15, -0.1) is 0 Å². The number of amidine groups is 1. The van der Waals surface area contributed by atoms with Gasteiger partial charge < -0.3 is 5.32 Å². The molecule has 0 bridgehead atoms. The van der Waals surface area contributed by atoms with Crippen LogP contribution in [-0.4, -0.2) is 34.2 Å². The van der Waals surface area contributed by atoms with Crippen LogP contribution in [0.4, 0.5) is 11.4 Å². The van der Waals surface area contributed by atoms with Gasteiger partial charge in [-0.25, -0.2) is 4.99 Å². The van der Waals surface area contributed by atoms with Gasteiger partial charge in [0.05, 0.1) is 15.7 Å². The van der Waals surface area contributed by atoms with Crippen LogP contribution in [0, 0.1) is 13.8 Å². The minimum Gasteiger partial charge on any atom is -0.325 e. The maximum absolute atomic E-state index is 12.8. The second-order valence-corrected chi connectivity index (χ2v) is 8.55. The largest absolute Gasteiger partial charge is 0.325 e. The lowest BCUT2D eigenvalue weighted by molar-refractivity contribution is -0.128. The number of amides is 2. The predicted molar refractivity (Wildman–Crippen MR) is 117 cm³/mol. The Bertz CT molecular complexity index is 978. The summed E-state index contributed by atoms with van der Waals surface area (Å²) in [4.78, 5) is 31.1. The molecule has 1 aliphatic rings. The van der Waals surface area contributed by atoms with Gasteiger partial charge in [0.25, 0.3) is 0 Å². The Balaban J connectivity index is 1.81. The molecule has 146 valence electrons. The molecule has 0 aromatic heterocycles. The van der Waals surface area contributed by atoms with Crippen LogP contribution < -0.4 is 5.32 Å². The Morgan fingerprint density at radius 2 is 1.93 bits per heavy atom. The molecule has 1 fully saturated rings. The van der Waals surface area contributed by atoms with Crippen LogP contribution >= 0.6 is 35.0 Å². The molecule has 2 aromatic rings. The fourth-order valence-corrected chi connectivity index (χ4v) is 4.09. The molecule has 1 atom stereocenters.